The molecule has 0 fully saturated rings. The van der Waals surface area contributed by atoms with E-state index in [1.807, 2.05) is 18.2 Å². The topological polar surface area (TPSA) is 47.6 Å². The van der Waals surface area contributed by atoms with Crippen LogP contribution in [0, 0.1) is 13.8 Å². The van der Waals surface area contributed by atoms with Crippen LogP contribution in [0.3, 0.4) is 0 Å². The lowest BCUT2D eigenvalue weighted by Crippen LogP contribution is -2.36. The van der Waals surface area contributed by atoms with Crippen LogP contribution in [0.1, 0.15) is 42.5 Å². The first-order chi connectivity index (χ1) is 12.3. The molecule has 1 heterocycles. The van der Waals surface area contributed by atoms with Crippen molar-refractivity contribution in [1.29, 1.82) is 0 Å². The molecule has 0 saturated carbocycles. The maximum Gasteiger partial charge on any atom is 0.231 e. The van der Waals surface area contributed by atoms with E-state index < -0.39 is 0 Å². The molecule has 3 rings (SSSR count). The van der Waals surface area contributed by atoms with Gasteiger partial charge in [0.15, 0.2) is 11.5 Å². The Kier molecular flexibility index (Phi) is 5.21. The normalized spacial score (nSPS) is 12.9. The highest BCUT2D eigenvalue weighted by Gasteiger charge is 2.24. The number of fused-ring (bicyclic) bond motifs is 1. The van der Waals surface area contributed by atoms with Gasteiger partial charge in [-0.1, -0.05) is 43.7 Å². The molecular weight excluding hydrogens is 326 g/mol. The van der Waals surface area contributed by atoms with E-state index in [4.69, 9.17) is 9.47 Å². The lowest BCUT2D eigenvalue weighted by Gasteiger charge is -2.26. The average molecular weight is 353 g/mol. The molecular formula is C22H27NO3. The van der Waals surface area contributed by atoms with Gasteiger partial charge in [-0.25, -0.2) is 0 Å². The molecule has 0 unspecified atom stereocenters. The van der Waals surface area contributed by atoms with Crippen molar-refractivity contribution in [1.82, 2.24) is 5.32 Å². The molecule has 0 bridgehead atoms. The maximum atomic E-state index is 12.3. The van der Waals surface area contributed by atoms with Gasteiger partial charge in [0.05, 0.1) is 0 Å². The zero-order chi connectivity index (χ0) is 18.7. The van der Waals surface area contributed by atoms with Gasteiger partial charge in [0.25, 0.3) is 0 Å². The third-order valence-electron chi connectivity index (χ3n) is 5.00. The second kappa shape index (κ2) is 7.40. The summed E-state index contributed by atoms with van der Waals surface area (Å²) in [6.45, 7) is 9.28. The Hall–Kier alpha value is -2.49. The van der Waals surface area contributed by atoms with Gasteiger partial charge in [0, 0.05) is 18.4 Å². The highest BCUT2D eigenvalue weighted by Crippen LogP contribution is 2.36. The predicted octanol–water partition coefficient (Wildman–Crippen LogP) is 4.06. The Bertz CT molecular complexity index is 811. The minimum Gasteiger partial charge on any atom is -0.454 e. The second-order valence-corrected chi connectivity index (χ2v) is 7.66. The quantitative estimate of drug-likeness (QED) is 0.852. The fraction of sp³-hybridized carbons (Fsp3) is 0.409. The largest absolute Gasteiger partial charge is 0.454 e. The smallest absolute Gasteiger partial charge is 0.231 e. The summed E-state index contributed by atoms with van der Waals surface area (Å²) in [7, 11) is 0. The number of benzene rings is 2. The molecule has 0 radical (unpaired) electrons. The van der Waals surface area contributed by atoms with Gasteiger partial charge in [-0.2, -0.15) is 0 Å². The van der Waals surface area contributed by atoms with E-state index in [0.717, 1.165) is 23.5 Å². The summed E-state index contributed by atoms with van der Waals surface area (Å²) in [6.07, 6.45) is 1.27. The summed E-state index contributed by atoms with van der Waals surface area (Å²) in [4.78, 5) is 12.3. The minimum atomic E-state index is -0.184. The number of carbonyl (C=O) groups is 1. The number of hydrogen-bond donors (Lipinski definition) is 1. The number of amides is 1. The number of carbonyl (C=O) groups excluding carboxylic acids is 1. The Morgan fingerprint density at radius 2 is 1.85 bits per heavy atom. The summed E-state index contributed by atoms with van der Waals surface area (Å²) >= 11 is 0. The lowest BCUT2D eigenvalue weighted by atomic mass is 9.84. The number of aryl methyl sites for hydroxylation is 3. The van der Waals surface area contributed by atoms with Crippen molar-refractivity contribution >= 4 is 5.91 Å². The van der Waals surface area contributed by atoms with Crippen LogP contribution < -0.4 is 14.8 Å². The molecule has 26 heavy (non-hydrogen) atoms. The van der Waals surface area contributed by atoms with E-state index in [-0.39, 0.29) is 18.1 Å². The van der Waals surface area contributed by atoms with Gasteiger partial charge in [-0.3, -0.25) is 4.79 Å². The molecule has 1 aliphatic heterocycles. The highest BCUT2D eigenvalue weighted by atomic mass is 16.7. The Morgan fingerprint density at radius 3 is 2.62 bits per heavy atom. The molecule has 1 N–H and O–H groups in total. The molecule has 4 nitrogen and oxygen atoms in total. The third-order valence-corrected chi connectivity index (χ3v) is 5.00. The van der Waals surface area contributed by atoms with Crippen molar-refractivity contribution in [3.63, 3.8) is 0 Å². The number of rotatable bonds is 6. The molecule has 0 aromatic heterocycles. The summed E-state index contributed by atoms with van der Waals surface area (Å²) in [5.74, 6) is 1.64. The number of ether oxygens (including phenoxy) is 2. The molecule has 2 aromatic rings. The van der Waals surface area contributed by atoms with Gasteiger partial charge in [0.1, 0.15) is 0 Å². The third kappa shape index (κ3) is 4.18. The summed E-state index contributed by atoms with van der Waals surface area (Å²) in [5, 5.41) is 3.08. The molecule has 1 aliphatic rings. The fourth-order valence-electron chi connectivity index (χ4n) is 3.20. The first kappa shape index (κ1) is 18.3. The van der Waals surface area contributed by atoms with Crippen LogP contribution in [0.25, 0.3) is 0 Å². The Labute approximate surface area is 155 Å². The van der Waals surface area contributed by atoms with Crippen molar-refractivity contribution in [3.8, 4) is 11.5 Å². The van der Waals surface area contributed by atoms with Gasteiger partial charge >= 0.3 is 0 Å². The number of hydrogen-bond acceptors (Lipinski definition) is 3. The summed E-state index contributed by atoms with van der Waals surface area (Å²) in [5.41, 5.74) is 4.67. The molecule has 0 saturated heterocycles. The molecule has 138 valence electrons. The number of nitrogens with one attached hydrogen (secondary N) is 1. The average Bonchev–Trinajstić information content (AvgIpc) is 3.07. The monoisotopic (exact) mass is 353 g/mol. The van der Waals surface area contributed by atoms with Crippen molar-refractivity contribution in [2.45, 2.75) is 46.0 Å². The van der Waals surface area contributed by atoms with Gasteiger partial charge in [0.2, 0.25) is 12.7 Å². The fourth-order valence-corrected chi connectivity index (χ4v) is 3.20. The predicted molar refractivity (Wildman–Crippen MR) is 103 cm³/mol. The minimum absolute atomic E-state index is 0.0822. The van der Waals surface area contributed by atoms with E-state index in [1.165, 1.54) is 16.7 Å². The summed E-state index contributed by atoms with van der Waals surface area (Å²) < 4.78 is 10.8. The SMILES string of the molecule is Cc1ccc(CCC(=O)NCC(C)(C)c2ccc3c(c2)OCO3)c(C)c1. The first-order valence-electron chi connectivity index (χ1n) is 9.08. The molecule has 0 atom stereocenters. The highest BCUT2D eigenvalue weighted by molar-refractivity contribution is 5.76. The van der Waals surface area contributed by atoms with Crippen LogP contribution in [-0.2, 0) is 16.6 Å². The molecule has 4 heteroatoms. The standard InChI is InChI=1S/C22H27NO3/c1-15-5-6-17(16(2)11-15)7-10-21(24)23-13-22(3,4)18-8-9-19-20(12-18)26-14-25-19/h5-6,8-9,11-12H,7,10,13-14H2,1-4H3,(H,23,24). The van der Waals surface area contributed by atoms with E-state index in [2.05, 4.69) is 51.2 Å². The zero-order valence-electron chi connectivity index (χ0n) is 16.0. The maximum absolute atomic E-state index is 12.3. The van der Waals surface area contributed by atoms with Crippen molar-refractivity contribution in [2.75, 3.05) is 13.3 Å². The van der Waals surface area contributed by atoms with Crippen molar-refractivity contribution in [2.24, 2.45) is 0 Å². The second-order valence-electron chi connectivity index (χ2n) is 7.66. The van der Waals surface area contributed by atoms with Crippen LogP contribution in [0.4, 0.5) is 0 Å². The zero-order valence-corrected chi connectivity index (χ0v) is 16.0. The lowest BCUT2D eigenvalue weighted by molar-refractivity contribution is -0.121. The molecule has 0 spiro atoms. The molecule has 2 aromatic carbocycles. The van der Waals surface area contributed by atoms with Crippen LogP contribution in [0.15, 0.2) is 36.4 Å². The van der Waals surface area contributed by atoms with Gasteiger partial charge in [-0.05, 0) is 49.1 Å². The van der Waals surface area contributed by atoms with Crippen molar-refractivity contribution in [3.05, 3.63) is 58.7 Å². The molecule has 1 amide bonds. The van der Waals surface area contributed by atoms with Gasteiger partial charge < -0.3 is 14.8 Å². The van der Waals surface area contributed by atoms with Crippen LogP contribution >= 0.6 is 0 Å². The van der Waals surface area contributed by atoms with Crippen LogP contribution in [-0.4, -0.2) is 19.2 Å². The van der Waals surface area contributed by atoms with E-state index in [1.54, 1.807) is 0 Å². The van der Waals surface area contributed by atoms with Gasteiger partial charge in [-0.15, -0.1) is 0 Å². The first-order valence-corrected chi connectivity index (χ1v) is 9.08. The van der Waals surface area contributed by atoms with E-state index in [9.17, 15) is 4.79 Å². The Morgan fingerprint density at radius 1 is 1.08 bits per heavy atom. The van der Waals surface area contributed by atoms with Crippen molar-refractivity contribution < 1.29 is 14.3 Å². The van der Waals surface area contributed by atoms with E-state index in [0.29, 0.717) is 13.0 Å². The summed E-state index contributed by atoms with van der Waals surface area (Å²) in [6, 6.07) is 12.4. The van der Waals surface area contributed by atoms with Crippen LogP contribution in [0.5, 0.6) is 11.5 Å². The molecule has 0 aliphatic carbocycles. The Balaban J connectivity index is 1.54. The van der Waals surface area contributed by atoms with Crippen LogP contribution in [0.2, 0.25) is 0 Å². The van der Waals surface area contributed by atoms with E-state index >= 15 is 0 Å².